The van der Waals surface area contributed by atoms with Crippen LogP contribution in [0.5, 0.6) is 0 Å². The summed E-state index contributed by atoms with van der Waals surface area (Å²) >= 11 is 0. The Hall–Kier alpha value is -2.08. The molecule has 0 aromatic heterocycles. The van der Waals surface area contributed by atoms with E-state index in [-0.39, 0.29) is 16.9 Å². The van der Waals surface area contributed by atoms with Crippen molar-refractivity contribution in [3.8, 4) is 0 Å². The molecule has 2 spiro atoms. The van der Waals surface area contributed by atoms with E-state index < -0.39 is 0 Å². The van der Waals surface area contributed by atoms with Crippen LogP contribution in [-0.2, 0) is 11.2 Å². The second kappa shape index (κ2) is 8.45. The van der Waals surface area contributed by atoms with Gasteiger partial charge in [-0.25, -0.2) is 4.79 Å². The first-order valence-corrected chi connectivity index (χ1v) is 11.9. The van der Waals surface area contributed by atoms with Crippen LogP contribution in [0.1, 0.15) is 45.6 Å². The average Bonchev–Trinajstić information content (AvgIpc) is 3.20. The van der Waals surface area contributed by atoms with Crippen LogP contribution >= 0.6 is 0 Å². The van der Waals surface area contributed by atoms with Crippen molar-refractivity contribution in [2.75, 3.05) is 51.6 Å². The van der Waals surface area contributed by atoms with Crippen molar-refractivity contribution in [1.82, 2.24) is 14.7 Å². The molecular weight excluding hydrogens is 388 g/mol. The molecule has 3 saturated heterocycles. The van der Waals surface area contributed by atoms with Crippen LogP contribution in [0.15, 0.2) is 24.3 Å². The summed E-state index contributed by atoms with van der Waals surface area (Å²) in [5.41, 5.74) is 1.80. The molecule has 6 nitrogen and oxygen atoms in total. The Morgan fingerprint density at radius 1 is 1.13 bits per heavy atom. The van der Waals surface area contributed by atoms with Gasteiger partial charge in [0.1, 0.15) is 0 Å². The summed E-state index contributed by atoms with van der Waals surface area (Å²) in [5.74, 6) is 0.916. The minimum absolute atomic E-state index is 0.0113. The number of nitrogens with zero attached hydrogens (tertiary/aromatic N) is 3. The SMILES string of the molecule is CCc1cccc(NC(=O)N2CCC3(CC2)CN(CC(C)C)CC32CCN(C)C2=O)c1. The summed E-state index contributed by atoms with van der Waals surface area (Å²) in [6, 6.07) is 8.05. The fourth-order valence-electron chi connectivity index (χ4n) is 6.25. The Morgan fingerprint density at radius 2 is 1.87 bits per heavy atom. The molecule has 1 atom stereocenters. The van der Waals surface area contributed by atoms with Gasteiger partial charge in [0, 0.05) is 57.4 Å². The molecule has 1 aromatic carbocycles. The number of aryl methyl sites for hydroxylation is 1. The van der Waals surface area contributed by atoms with E-state index in [4.69, 9.17) is 0 Å². The molecule has 3 aliphatic heterocycles. The predicted molar refractivity (Wildman–Crippen MR) is 124 cm³/mol. The van der Waals surface area contributed by atoms with Crippen LogP contribution in [0, 0.1) is 16.7 Å². The molecule has 1 N–H and O–H groups in total. The molecule has 3 aliphatic rings. The van der Waals surface area contributed by atoms with E-state index in [1.165, 1.54) is 5.56 Å². The maximum atomic E-state index is 13.4. The third-order valence-electron chi connectivity index (χ3n) is 7.88. The largest absolute Gasteiger partial charge is 0.345 e. The molecule has 4 rings (SSSR count). The first kappa shape index (κ1) is 22.1. The second-order valence-electron chi connectivity index (χ2n) is 10.4. The molecule has 31 heavy (non-hydrogen) atoms. The van der Waals surface area contributed by atoms with Crippen LogP contribution in [-0.4, -0.2) is 73.0 Å². The number of hydrogen-bond donors (Lipinski definition) is 1. The Labute approximate surface area is 187 Å². The van der Waals surface area contributed by atoms with E-state index >= 15 is 0 Å². The van der Waals surface area contributed by atoms with Gasteiger partial charge < -0.3 is 20.0 Å². The van der Waals surface area contributed by atoms with Crippen molar-refractivity contribution >= 4 is 17.6 Å². The van der Waals surface area contributed by atoms with E-state index in [1.807, 2.05) is 35.0 Å². The summed E-state index contributed by atoms with van der Waals surface area (Å²) in [6.45, 7) is 11.8. The summed E-state index contributed by atoms with van der Waals surface area (Å²) < 4.78 is 0. The molecule has 0 saturated carbocycles. The van der Waals surface area contributed by atoms with Crippen LogP contribution < -0.4 is 5.32 Å². The lowest BCUT2D eigenvalue weighted by Crippen LogP contribution is -2.54. The number of anilines is 1. The number of hydrogen-bond acceptors (Lipinski definition) is 3. The van der Waals surface area contributed by atoms with Crippen LogP contribution in [0.2, 0.25) is 0 Å². The predicted octanol–water partition coefficient (Wildman–Crippen LogP) is 3.68. The molecule has 170 valence electrons. The Bertz CT molecular complexity index is 831. The van der Waals surface area contributed by atoms with Crippen LogP contribution in [0.25, 0.3) is 0 Å². The number of carbonyl (C=O) groups is 2. The third-order valence-corrected chi connectivity index (χ3v) is 7.88. The summed E-state index contributed by atoms with van der Waals surface area (Å²) in [4.78, 5) is 32.7. The number of fused-ring (bicyclic) bond motifs is 1. The van der Waals surface area contributed by atoms with Gasteiger partial charge in [-0.3, -0.25) is 4.79 Å². The Balaban J connectivity index is 1.47. The van der Waals surface area contributed by atoms with E-state index in [9.17, 15) is 9.59 Å². The van der Waals surface area contributed by atoms with E-state index in [0.29, 0.717) is 24.9 Å². The quantitative estimate of drug-likeness (QED) is 0.799. The van der Waals surface area contributed by atoms with Gasteiger partial charge in [0.2, 0.25) is 5.91 Å². The maximum absolute atomic E-state index is 13.4. The summed E-state index contributed by atoms with van der Waals surface area (Å²) in [5, 5.41) is 3.08. The lowest BCUT2D eigenvalue weighted by Gasteiger charge is -2.46. The zero-order valence-corrected chi connectivity index (χ0v) is 19.6. The molecule has 1 unspecified atom stereocenters. The van der Waals surface area contributed by atoms with Crippen molar-refractivity contribution < 1.29 is 9.59 Å². The van der Waals surface area contributed by atoms with Crippen molar-refractivity contribution in [2.24, 2.45) is 16.7 Å². The summed E-state index contributed by atoms with van der Waals surface area (Å²) in [7, 11) is 1.95. The maximum Gasteiger partial charge on any atom is 0.321 e. The monoisotopic (exact) mass is 426 g/mol. The van der Waals surface area contributed by atoms with Crippen molar-refractivity contribution in [3.05, 3.63) is 29.8 Å². The average molecular weight is 427 g/mol. The molecular formula is C25H38N4O2. The first-order valence-electron chi connectivity index (χ1n) is 11.9. The van der Waals surface area contributed by atoms with Crippen LogP contribution in [0.3, 0.4) is 0 Å². The van der Waals surface area contributed by atoms with Crippen molar-refractivity contribution in [3.63, 3.8) is 0 Å². The van der Waals surface area contributed by atoms with E-state index in [0.717, 1.165) is 57.5 Å². The number of urea groups is 1. The molecule has 1 aromatic rings. The van der Waals surface area contributed by atoms with Gasteiger partial charge >= 0.3 is 6.03 Å². The first-order chi connectivity index (χ1) is 14.8. The van der Waals surface area contributed by atoms with E-state index in [2.05, 4.69) is 37.1 Å². The van der Waals surface area contributed by atoms with Gasteiger partial charge in [-0.05, 0) is 49.3 Å². The Morgan fingerprint density at radius 3 is 2.48 bits per heavy atom. The highest BCUT2D eigenvalue weighted by Crippen LogP contribution is 2.57. The molecule has 6 heteroatoms. The number of piperidine rings is 1. The molecule has 3 fully saturated rings. The van der Waals surface area contributed by atoms with Gasteiger partial charge in [0.15, 0.2) is 0 Å². The fraction of sp³-hybridized carbons (Fsp3) is 0.680. The van der Waals surface area contributed by atoms with Gasteiger partial charge in [0.25, 0.3) is 0 Å². The number of amides is 3. The molecule has 3 heterocycles. The van der Waals surface area contributed by atoms with Crippen molar-refractivity contribution in [2.45, 2.75) is 46.5 Å². The standard InChI is InChI=1S/C25H38N4O2/c1-5-20-7-6-8-21(15-20)26-23(31)29-13-9-24(10-14-29)17-28(16-19(2)3)18-25(24)11-12-27(4)22(25)30/h6-8,15,19H,5,9-14,16-18H2,1-4H3,(H,26,31). The zero-order valence-electron chi connectivity index (χ0n) is 19.6. The minimum Gasteiger partial charge on any atom is -0.345 e. The molecule has 0 radical (unpaired) electrons. The lowest BCUT2D eigenvalue weighted by molar-refractivity contribution is -0.141. The zero-order chi connectivity index (χ0) is 22.2. The normalized spacial score (nSPS) is 25.9. The van der Waals surface area contributed by atoms with Crippen molar-refractivity contribution in [1.29, 1.82) is 0 Å². The highest BCUT2D eigenvalue weighted by Gasteiger charge is 2.64. The highest BCUT2D eigenvalue weighted by atomic mass is 16.2. The van der Waals surface area contributed by atoms with Gasteiger partial charge in [-0.1, -0.05) is 32.9 Å². The molecule has 3 amide bonds. The third kappa shape index (κ3) is 3.95. The topological polar surface area (TPSA) is 55.9 Å². The highest BCUT2D eigenvalue weighted by molar-refractivity contribution is 5.90. The van der Waals surface area contributed by atoms with Gasteiger partial charge in [-0.2, -0.15) is 0 Å². The second-order valence-corrected chi connectivity index (χ2v) is 10.4. The smallest absolute Gasteiger partial charge is 0.321 e. The number of carbonyl (C=O) groups excluding carboxylic acids is 2. The van der Waals surface area contributed by atoms with Crippen LogP contribution in [0.4, 0.5) is 10.5 Å². The van der Waals surface area contributed by atoms with E-state index in [1.54, 1.807) is 0 Å². The van der Waals surface area contributed by atoms with Gasteiger partial charge in [-0.15, -0.1) is 0 Å². The Kier molecular flexibility index (Phi) is 6.03. The fourth-order valence-corrected chi connectivity index (χ4v) is 6.25. The molecule has 0 bridgehead atoms. The summed E-state index contributed by atoms with van der Waals surface area (Å²) in [6.07, 6.45) is 3.72. The number of rotatable bonds is 4. The number of benzene rings is 1. The minimum atomic E-state index is -0.269. The number of nitrogens with one attached hydrogen (secondary N) is 1. The number of likely N-dealkylation sites (tertiary alicyclic amines) is 3. The van der Waals surface area contributed by atoms with Gasteiger partial charge in [0.05, 0.1) is 5.41 Å². The molecule has 0 aliphatic carbocycles. The lowest BCUT2D eigenvalue weighted by atomic mass is 9.60.